The number of alkyl halides is 3. The summed E-state index contributed by atoms with van der Waals surface area (Å²) in [5, 5.41) is 11.3. The molecule has 0 aliphatic rings. The van der Waals surface area contributed by atoms with Gasteiger partial charge in [-0.1, -0.05) is 18.2 Å². The van der Waals surface area contributed by atoms with Gasteiger partial charge < -0.3 is 4.74 Å². The van der Waals surface area contributed by atoms with E-state index in [0.717, 1.165) is 34.6 Å². The topological polar surface area (TPSA) is 85.6 Å². The Kier molecular flexibility index (Phi) is 5.27. The summed E-state index contributed by atoms with van der Waals surface area (Å²) in [5.41, 5.74) is -0.543. The van der Waals surface area contributed by atoms with Gasteiger partial charge in [0.1, 0.15) is 4.88 Å². The Bertz CT molecular complexity index is 995. The second kappa shape index (κ2) is 7.64. The third kappa shape index (κ3) is 4.26. The van der Waals surface area contributed by atoms with E-state index in [-0.39, 0.29) is 10.6 Å². The molecule has 1 aromatic heterocycles. The molecule has 0 aliphatic carbocycles. The van der Waals surface area contributed by atoms with E-state index in [2.05, 4.69) is 9.11 Å². The van der Waals surface area contributed by atoms with Crippen LogP contribution in [-0.4, -0.2) is 21.6 Å². The minimum Gasteiger partial charge on any atom is -0.398 e. The molecule has 2 aromatic carbocycles. The van der Waals surface area contributed by atoms with Crippen molar-refractivity contribution in [3.63, 3.8) is 0 Å². The number of benzene rings is 2. The quantitative estimate of drug-likeness (QED) is 0.441. The van der Waals surface area contributed by atoms with Crippen LogP contribution in [0.1, 0.15) is 9.67 Å². The van der Waals surface area contributed by atoms with Crippen molar-refractivity contribution in [2.24, 2.45) is 0 Å². The van der Waals surface area contributed by atoms with Crippen molar-refractivity contribution in [2.75, 3.05) is 4.90 Å². The zero-order valence-electron chi connectivity index (χ0n) is 13.8. The van der Waals surface area contributed by atoms with Gasteiger partial charge in [-0.15, -0.1) is 13.2 Å². The second-order valence-corrected chi connectivity index (χ2v) is 6.14. The van der Waals surface area contributed by atoms with Crippen molar-refractivity contribution in [1.29, 1.82) is 0 Å². The molecule has 0 spiro atoms. The Morgan fingerprint density at radius 3 is 2.39 bits per heavy atom. The number of nitro groups is 1. The van der Waals surface area contributed by atoms with Crippen LogP contribution in [0.4, 0.5) is 30.2 Å². The molecule has 28 heavy (non-hydrogen) atoms. The third-order valence-corrected chi connectivity index (χ3v) is 4.22. The molecule has 0 aliphatic heterocycles. The molecule has 0 saturated heterocycles. The number of hydrogen-bond donors (Lipinski definition) is 0. The van der Waals surface area contributed by atoms with Crippen LogP contribution in [0.2, 0.25) is 0 Å². The van der Waals surface area contributed by atoms with Crippen molar-refractivity contribution >= 4 is 34.5 Å². The van der Waals surface area contributed by atoms with Crippen molar-refractivity contribution in [3.8, 4) is 5.75 Å². The lowest BCUT2D eigenvalue weighted by atomic mass is 10.2. The molecular formula is C17H10F3N3O4S. The second-order valence-electron chi connectivity index (χ2n) is 5.31. The molecule has 0 atom stereocenters. The minimum absolute atomic E-state index is 0.00539. The first-order valence-electron chi connectivity index (χ1n) is 7.60. The molecule has 0 saturated carbocycles. The highest BCUT2D eigenvalue weighted by Gasteiger charge is 2.35. The Labute approximate surface area is 159 Å². The molecule has 7 nitrogen and oxygen atoms in total. The van der Waals surface area contributed by atoms with E-state index in [4.69, 9.17) is 0 Å². The summed E-state index contributed by atoms with van der Waals surface area (Å²) in [5.74, 6) is -1.51. The van der Waals surface area contributed by atoms with Crippen LogP contribution >= 0.6 is 11.5 Å². The van der Waals surface area contributed by atoms with Crippen LogP contribution in [0.25, 0.3) is 0 Å². The number of amides is 1. The molecule has 1 heterocycles. The molecular weight excluding hydrogens is 399 g/mol. The lowest BCUT2D eigenvalue weighted by Crippen LogP contribution is -2.25. The predicted octanol–water partition coefficient (Wildman–Crippen LogP) is 4.93. The van der Waals surface area contributed by atoms with Gasteiger partial charge in [0.25, 0.3) is 5.91 Å². The molecule has 0 unspecified atom stereocenters. The zero-order valence-corrected chi connectivity index (χ0v) is 14.6. The standard InChI is InChI=1S/C17H10F3N3O4S/c18-17(19,20)27-14-7-6-12(10-13(14)23(25)26)22(11-4-2-1-3-5-11)16(24)15-8-9-21-28-15/h1-10H. The van der Waals surface area contributed by atoms with Crippen LogP contribution in [0, 0.1) is 10.1 Å². The highest BCUT2D eigenvalue weighted by atomic mass is 32.1. The average Bonchev–Trinajstić information content (AvgIpc) is 3.17. The Morgan fingerprint density at radius 2 is 1.82 bits per heavy atom. The molecule has 1 amide bonds. The summed E-state index contributed by atoms with van der Waals surface area (Å²) >= 11 is 0.922. The monoisotopic (exact) mass is 409 g/mol. The third-order valence-electron chi connectivity index (χ3n) is 3.49. The minimum atomic E-state index is -5.09. The van der Waals surface area contributed by atoms with E-state index in [9.17, 15) is 28.1 Å². The van der Waals surface area contributed by atoms with Crippen molar-refractivity contribution in [1.82, 2.24) is 4.37 Å². The van der Waals surface area contributed by atoms with Crippen molar-refractivity contribution < 1.29 is 27.6 Å². The van der Waals surface area contributed by atoms with E-state index >= 15 is 0 Å². The van der Waals surface area contributed by atoms with E-state index in [1.165, 1.54) is 12.3 Å². The number of para-hydroxylation sites is 1. The van der Waals surface area contributed by atoms with Gasteiger partial charge in [0.2, 0.25) is 5.75 Å². The van der Waals surface area contributed by atoms with E-state index < -0.39 is 28.6 Å². The molecule has 11 heteroatoms. The Morgan fingerprint density at radius 1 is 1.11 bits per heavy atom. The Balaban J connectivity index is 2.11. The number of nitrogens with zero attached hydrogens (tertiary/aromatic N) is 3. The number of aromatic nitrogens is 1. The predicted molar refractivity (Wildman–Crippen MR) is 94.8 cm³/mol. The average molecular weight is 409 g/mol. The van der Waals surface area contributed by atoms with Crippen LogP contribution in [-0.2, 0) is 0 Å². The summed E-state index contributed by atoms with van der Waals surface area (Å²) < 4.78 is 45.1. The largest absolute Gasteiger partial charge is 0.573 e. The summed E-state index contributed by atoms with van der Waals surface area (Å²) in [6.07, 6.45) is -3.67. The number of hydrogen-bond acceptors (Lipinski definition) is 6. The Hall–Kier alpha value is -3.47. The maximum absolute atomic E-state index is 12.9. The van der Waals surface area contributed by atoms with Gasteiger partial charge in [-0.3, -0.25) is 19.8 Å². The first-order valence-corrected chi connectivity index (χ1v) is 8.38. The van der Waals surface area contributed by atoms with Gasteiger partial charge >= 0.3 is 12.0 Å². The van der Waals surface area contributed by atoms with Gasteiger partial charge in [0.05, 0.1) is 10.6 Å². The molecule has 3 rings (SSSR count). The smallest absolute Gasteiger partial charge is 0.398 e. The maximum Gasteiger partial charge on any atom is 0.573 e. The number of nitro benzene ring substituents is 1. The van der Waals surface area contributed by atoms with Crippen LogP contribution in [0.15, 0.2) is 60.8 Å². The van der Waals surface area contributed by atoms with Crippen LogP contribution in [0.3, 0.4) is 0 Å². The van der Waals surface area contributed by atoms with Gasteiger partial charge in [0.15, 0.2) is 0 Å². The maximum atomic E-state index is 12.9. The van der Waals surface area contributed by atoms with E-state index in [1.54, 1.807) is 30.3 Å². The van der Waals surface area contributed by atoms with Crippen LogP contribution in [0.5, 0.6) is 5.75 Å². The lowest BCUT2D eigenvalue weighted by Gasteiger charge is -2.22. The van der Waals surface area contributed by atoms with Gasteiger partial charge in [-0.05, 0) is 41.9 Å². The van der Waals surface area contributed by atoms with Crippen molar-refractivity contribution in [2.45, 2.75) is 6.36 Å². The van der Waals surface area contributed by atoms with Gasteiger partial charge in [-0.25, -0.2) is 4.37 Å². The molecule has 0 fully saturated rings. The number of rotatable bonds is 5. The molecule has 0 radical (unpaired) electrons. The fraction of sp³-hybridized carbons (Fsp3) is 0.0588. The fourth-order valence-electron chi connectivity index (χ4n) is 2.40. The normalized spacial score (nSPS) is 11.1. The SMILES string of the molecule is O=C(c1ccns1)N(c1ccccc1)c1ccc(OC(F)(F)F)c([N+](=O)[O-])c1. The zero-order chi connectivity index (χ0) is 20.3. The van der Waals surface area contributed by atoms with E-state index in [0.29, 0.717) is 5.69 Å². The fourth-order valence-corrected chi connectivity index (χ4v) is 2.92. The van der Waals surface area contributed by atoms with Crippen molar-refractivity contribution in [3.05, 3.63) is 75.8 Å². The molecule has 0 bridgehead atoms. The van der Waals surface area contributed by atoms with E-state index in [1.807, 2.05) is 0 Å². The number of anilines is 2. The first-order chi connectivity index (χ1) is 13.3. The van der Waals surface area contributed by atoms with Gasteiger partial charge in [-0.2, -0.15) is 0 Å². The summed E-state index contributed by atoms with van der Waals surface area (Å²) in [4.78, 5) is 24.6. The summed E-state index contributed by atoms with van der Waals surface area (Å²) in [6, 6.07) is 12.5. The molecule has 3 aromatic rings. The number of halogens is 3. The van der Waals surface area contributed by atoms with Crippen LogP contribution < -0.4 is 9.64 Å². The lowest BCUT2D eigenvalue weighted by molar-refractivity contribution is -0.388. The number of carbonyl (C=O) groups excluding carboxylic acids is 1. The highest BCUT2D eigenvalue weighted by Crippen LogP contribution is 2.37. The number of carbonyl (C=O) groups is 1. The summed E-state index contributed by atoms with van der Waals surface area (Å²) in [7, 11) is 0. The summed E-state index contributed by atoms with van der Waals surface area (Å²) in [6.45, 7) is 0. The molecule has 144 valence electrons. The highest BCUT2D eigenvalue weighted by molar-refractivity contribution is 7.08. The first kappa shape index (κ1) is 19.3. The number of ether oxygens (including phenoxy) is 1. The van der Waals surface area contributed by atoms with Gasteiger partial charge in [0, 0.05) is 18.0 Å². The molecule has 0 N–H and O–H groups in total.